The highest BCUT2D eigenvalue weighted by Crippen LogP contribution is 2.38. The lowest BCUT2D eigenvalue weighted by molar-refractivity contribution is -0.124. The molecule has 3 N–H and O–H groups in total. The highest BCUT2D eigenvalue weighted by Gasteiger charge is 2.39. The van der Waals surface area contributed by atoms with E-state index in [-0.39, 0.29) is 11.3 Å². The lowest BCUT2D eigenvalue weighted by atomic mass is 9.85. The van der Waals surface area contributed by atoms with Crippen molar-refractivity contribution in [2.24, 2.45) is 11.1 Å². The van der Waals surface area contributed by atoms with Crippen LogP contribution in [-0.4, -0.2) is 12.5 Å². The first-order chi connectivity index (χ1) is 9.23. The van der Waals surface area contributed by atoms with Crippen molar-refractivity contribution in [1.29, 1.82) is 0 Å². The van der Waals surface area contributed by atoms with Crippen LogP contribution in [0.2, 0.25) is 0 Å². The van der Waals surface area contributed by atoms with Gasteiger partial charge in [-0.1, -0.05) is 12.8 Å². The number of amides is 1. The van der Waals surface area contributed by atoms with E-state index in [1.807, 2.05) is 12.1 Å². The number of carbonyl (C=O) groups excluding carboxylic acids is 1. The van der Waals surface area contributed by atoms with E-state index in [2.05, 4.69) is 22.8 Å². The molecule has 1 aliphatic carbocycles. The molecule has 1 aromatic heterocycles. The molecule has 4 heteroatoms. The Morgan fingerprint density at radius 2 is 2.11 bits per heavy atom. The SMILES string of the molecule is NCC1(C(=O)Nc2ccc3sccc3c2)CCCC1. The maximum atomic E-state index is 12.5. The quantitative estimate of drug-likeness (QED) is 0.901. The third-order valence-electron chi connectivity index (χ3n) is 4.14. The van der Waals surface area contributed by atoms with E-state index in [4.69, 9.17) is 5.73 Å². The molecule has 1 heterocycles. The van der Waals surface area contributed by atoms with Gasteiger partial charge in [0.25, 0.3) is 0 Å². The number of fused-ring (bicyclic) bond motifs is 1. The molecule has 0 aliphatic heterocycles. The Morgan fingerprint density at radius 3 is 2.84 bits per heavy atom. The Kier molecular flexibility index (Phi) is 3.29. The van der Waals surface area contributed by atoms with Crippen LogP contribution in [0.1, 0.15) is 25.7 Å². The molecule has 3 nitrogen and oxygen atoms in total. The molecule has 3 rings (SSSR count). The van der Waals surface area contributed by atoms with Gasteiger partial charge in [0.1, 0.15) is 0 Å². The molecular formula is C15H18N2OS. The molecule has 100 valence electrons. The fourth-order valence-corrected chi connectivity index (χ4v) is 3.65. The fourth-order valence-electron chi connectivity index (χ4n) is 2.88. The second-order valence-electron chi connectivity index (χ2n) is 5.32. The number of hydrogen-bond donors (Lipinski definition) is 2. The van der Waals surface area contributed by atoms with Gasteiger partial charge in [-0.3, -0.25) is 4.79 Å². The van der Waals surface area contributed by atoms with Crippen molar-refractivity contribution in [2.75, 3.05) is 11.9 Å². The predicted octanol–water partition coefficient (Wildman–Crippen LogP) is 3.36. The van der Waals surface area contributed by atoms with Crippen LogP contribution in [-0.2, 0) is 4.79 Å². The molecule has 0 bridgehead atoms. The highest BCUT2D eigenvalue weighted by atomic mass is 32.1. The molecule has 1 aliphatic rings. The molecule has 1 saturated carbocycles. The number of rotatable bonds is 3. The molecule has 1 fully saturated rings. The Morgan fingerprint density at radius 1 is 1.32 bits per heavy atom. The molecule has 1 aromatic carbocycles. The number of thiophene rings is 1. The van der Waals surface area contributed by atoms with Gasteiger partial charge in [0, 0.05) is 16.9 Å². The van der Waals surface area contributed by atoms with Gasteiger partial charge < -0.3 is 11.1 Å². The fraction of sp³-hybridized carbons (Fsp3) is 0.400. The number of carbonyl (C=O) groups is 1. The Hall–Kier alpha value is -1.39. The third kappa shape index (κ3) is 2.26. The Bertz CT molecular complexity index is 599. The summed E-state index contributed by atoms with van der Waals surface area (Å²) < 4.78 is 1.24. The zero-order valence-electron chi connectivity index (χ0n) is 10.8. The minimum absolute atomic E-state index is 0.0853. The molecule has 1 amide bonds. The van der Waals surface area contributed by atoms with E-state index >= 15 is 0 Å². The lowest BCUT2D eigenvalue weighted by Gasteiger charge is -2.25. The molecule has 0 unspecified atom stereocenters. The minimum Gasteiger partial charge on any atom is -0.329 e. The second-order valence-corrected chi connectivity index (χ2v) is 6.27. The van der Waals surface area contributed by atoms with Gasteiger partial charge in [-0.05, 0) is 47.9 Å². The maximum Gasteiger partial charge on any atom is 0.231 e. The van der Waals surface area contributed by atoms with Gasteiger partial charge in [0.05, 0.1) is 5.41 Å². The lowest BCUT2D eigenvalue weighted by Crippen LogP contribution is -2.40. The molecular weight excluding hydrogens is 256 g/mol. The number of nitrogens with one attached hydrogen (secondary N) is 1. The summed E-state index contributed by atoms with van der Waals surface area (Å²) in [5.41, 5.74) is 6.37. The summed E-state index contributed by atoms with van der Waals surface area (Å²) in [6, 6.07) is 8.13. The van der Waals surface area contributed by atoms with E-state index in [1.54, 1.807) is 11.3 Å². The highest BCUT2D eigenvalue weighted by molar-refractivity contribution is 7.17. The summed E-state index contributed by atoms with van der Waals surface area (Å²) >= 11 is 1.71. The van der Waals surface area contributed by atoms with E-state index in [0.717, 1.165) is 31.4 Å². The van der Waals surface area contributed by atoms with Crippen molar-refractivity contribution in [3.8, 4) is 0 Å². The van der Waals surface area contributed by atoms with Gasteiger partial charge in [-0.2, -0.15) is 0 Å². The summed E-state index contributed by atoms with van der Waals surface area (Å²) in [5.74, 6) is 0.0853. The van der Waals surface area contributed by atoms with Crippen molar-refractivity contribution < 1.29 is 4.79 Å². The Balaban J connectivity index is 1.81. The van der Waals surface area contributed by atoms with Crippen molar-refractivity contribution in [3.63, 3.8) is 0 Å². The first-order valence-corrected chi connectivity index (χ1v) is 7.60. The van der Waals surface area contributed by atoms with Crippen LogP contribution in [0, 0.1) is 5.41 Å². The zero-order valence-corrected chi connectivity index (χ0v) is 11.6. The average Bonchev–Trinajstić information content (AvgIpc) is 3.07. The van der Waals surface area contributed by atoms with Crippen LogP contribution in [0.25, 0.3) is 10.1 Å². The summed E-state index contributed by atoms with van der Waals surface area (Å²) in [7, 11) is 0. The standard InChI is InChI=1S/C15H18N2OS/c16-10-15(6-1-2-7-15)14(18)17-12-3-4-13-11(9-12)5-8-19-13/h3-5,8-9H,1-2,6-7,10,16H2,(H,17,18). The van der Waals surface area contributed by atoms with Crippen LogP contribution in [0.3, 0.4) is 0 Å². The van der Waals surface area contributed by atoms with E-state index in [0.29, 0.717) is 6.54 Å². The summed E-state index contributed by atoms with van der Waals surface area (Å²) in [6.45, 7) is 0.444. The third-order valence-corrected chi connectivity index (χ3v) is 5.04. The van der Waals surface area contributed by atoms with Crippen molar-refractivity contribution in [3.05, 3.63) is 29.6 Å². The van der Waals surface area contributed by atoms with Crippen LogP contribution in [0.4, 0.5) is 5.69 Å². The maximum absolute atomic E-state index is 12.5. The van der Waals surface area contributed by atoms with E-state index in [9.17, 15) is 4.79 Å². The van der Waals surface area contributed by atoms with Crippen LogP contribution in [0.5, 0.6) is 0 Å². The predicted molar refractivity (Wildman–Crippen MR) is 80.4 cm³/mol. The topological polar surface area (TPSA) is 55.1 Å². The number of anilines is 1. The van der Waals surface area contributed by atoms with E-state index in [1.165, 1.54) is 10.1 Å². The summed E-state index contributed by atoms with van der Waals surface area (Å²) in [5, 5.41) is 6.28. The monoisotopic (exact) mass is 274 g/mol. The number of benzene rings is 1. The average molecular weight is 274 g/mol. The Labute approximate surface area is 116 Å². The number of nitrogens with two attached hydrogens (primary N) is 1. The van der Waals surface area contributed by atoms with Gasteiger partial charge >= 0.3 is 0 Å². The smallest absolute Gasteiger partial charge is 0.231 e. The van der Waals surface area contributed by atoms with Crippen molar-refractivity contribution in [1.82, 2.24) is 0 Å². The largest absolute Gasteiger partial charge is 0.329 e. The molecule has 0 atom stereocenters. The zero-order chi connectivity index (χ0) is 13.3. The van der Waals surface area contributed by atoms with Crippen LogP contribution < -0.4 is 11.1 Å². The first kappa shape index (κ1) is 12.6. The first-order valence-electron chi connectivity index (χ1n) is 6.72. The molecule has 0 radical (unpaired) electrons. The minimum atomic E-state index is -0.344. The normalized spacial score (nSPS) is 17.7. The number of hydrogen-bond acceptors (Lipinski definition) is 3. The second kappa shape index (κ2) is 4.94. The van der Waals surface area contributed by atoms with Crippen LogP contribution >= 0.6 is 11.3 Å². The van der Waals surface area contributed by atoms with Crippen molar-refractivity contribution in [2.45, 2.75) is 25.7 Å². The van der Waals surface area contributed by atoms with Crippen molar-refractivity contribution >= 4 is 33.0 Å². The van der Waals surface area contributed by atoms with Gasteiger partial charge in [-0.25, -0.2) is 0 Å². The summed E-state index contributed by atoms with van der Waals surface area (Å²) in [6.07, 6.45) is 4.04. The van der Waals surface area contributed by atoms with Gasteiger partial charge in [0.2, 0.25) is 5.91 Å². The summed E-state index contributed by atoms with van der Waals surface area (Å²) in [4.78, 5) is 12.5. The van der Waals surface area contributed by atoms with Crippen LogP contribution in [0.15, 0.2) is 29.6 Å². The van der Waals surface area contributed by atoms with E-state index < -0.39 is 0 Å². The molecule has 0 spiro atoms. The van der Waals surface area contributed by atoms with Gasteiger partial charge in [-0.15, -0.1) is 11.3 Å². The molecule has 0 saturated heterocycles. The molecule has 2 aromatic rings. The molecule has 19 heavy (non-hydrogen) atoms. The van der Waals surface area contributed by atoms with Gasteiger partial charge in [0.15, 0.2) is 0 Å².